The van der Waals surface area contributed by atoms with Gasteiger partial charge in [-0.3, -0.25) is 4.79 Å². The number of methoxy groups -OCH3 is 2. The fourth-order valence-corrected chi connectivity index (χ4v) is 3.08. The predicted octanol–water partition coefficient (Wildman–Crippen LogP) is 3.64. The van der Waals surface area contributed by atoms with Gasteiger partial charge in [-0.1, -0.05) is 12.1 Å². The number of primary amides is 1. The van der Waals surface area contributed by atoms with Gasteiger partial charge in [0.2, 0.25) is 5.89 Å². The molecule has 0 atom stereocenters. The molecule has 0 unspecified atom stereocenters. The lowest BCUT2D eigenvalue weighted by Gasteiger charge is -2.12. The van der Waals surface area contributed by atoms with E-state index in [0.717, 1.165) is 16.8 Å². The van der Waals surface area contributed by atoms with Crippen LogP contribution in [-0.2, 0) is 12.8 Å². The van der Waals surface area contributed by atoms with Gasteiger partial charge in [0.15, 0.2) is 11.5 Å². The van der Waals surface area contributed by atoms with E-state index in [9.17, 15) is 4.79 Å². The number of aromatic nitrogens is 1. The topological polar surface area (TPSA) is 96.8 Å². The highest BCUT2D eigenvalue weighted by Crippen LogP contribution is 2.32. The number of hydrogen-bond acceptors (Lipinski definition) is 6. The summed E-state index contributed by atoms with van der Waals surface area (Å²) in [5, 5.41) is 0. The maximum atomic E-state index is 11.7. The monoisotopic (exact) mass is 396 g/mol. The fraction of sp³-hybridized carbons (Fsp3) is 0.273. The first-order valence-electron chi connectivity index (χ1n) is 9.28. The van der Waals surface area contributed by atoms with E-state index < -0.39 is 5.91 Å². The summed E-state index contributed by atoms with van der Waals surface area (Å²) in [5.41, 5.74) is 8.34. The van der Waals surface area contributed by atoms with Gasteiger partial charge in [-0.2, -0.15) is 0 Å². The molecule has 7 heteroatoms. The molecule has 0 bridgehead atoms. The summed E-state index contributed by atoms with van der Waals surface area (Å²) in [6.45, 7) is 2.32. The number of nitrogens with zero attached hydrogens (tertiary/aromatic N) is 1. The van der Waals surface area contributed by atoms with Crippen LogP contribution in [-0.4, -0.2) is 31.7 Å². The number of rotatable bonds is 9. The number of oxazole rings is 1. The largest absolute Gasteiger partial charge is 0.493 e. The van der Waals surface area contributed by atoms with Crippen molar-refractivity contribution in [3.63, 3.8) is 0 Å². The Balaban J connectivity index is 1.78. The molecule has 0 saturated heterocycles. The van der Waals surface area contributed by atoms with Gasteiger partial charge in [0.1, 0.15) is 12.0 Å². The summed E-state index contributed by atoms with van der Waals surface area (Å²) in [4.78, 5) is 16.2. The quantitative estimate of drug-likeness (QED) is 0.593. The molecule has 0 aliphatic rings. The van der Waals surface area contributed by atoms with Crippen molar-refractivity contribution in [3.8, 4) is 28.7 Å². The molecule has 0 saturated carbocycles. The highest BCUT2D eigenvalue weighted by atomic mass is 16.5. The van der Waals surface area contributed by atoms with Gasteiger partial charge in [0, 0.05) is 5.56 Å². The highest BCUT2D eigenvalue weighted by Gasteiger charge is 2.15. The molecule has 7 nitrogen and oxygen atoms in total. The van der Waals surface area contributed by atoms with Crippen LogP contribution in [0.2, 0.25) is 0 Å². The Kier molecular flexibility index (Phi) is 6.39. The van der Waals surface area contributed by atoms with Crippen molar-refractivity contribution in [2.75, 3.05) is 20.8 Å². The standard InChI is InChI=1S/C22H24N2O5/c1-4-28-20-14(6-5-7-17(20)21(23)25)8-10-16-13-29-22(24-16)15-9-11-18(26-2)19(12-15)27-3/h5-7,9,11-13H,4,8,10H2,1-3H3,(H2,23,25). The number of ether oxygens (including phenoxy) is 3. The number of nitrogens with two attached hydrogens (primary N) is 1. The van der Waals surface area contributed by atoms with E-state index >= 15 is 0 Å². The average molecular weight is 396 g/mol. The predicted molar refractivity (Wildman–Crippen MR) is 109 cm³/mol. The second kappa shape index (κ2) is 9.14. The second-order valence-electron chi connectivity index (χ2n) is 6.30. The van der Waals surface area contributed by atoms with Gasteiger partial charge in [-0.25, -0.2) is 4.98 Å². The van der Waals surface area contributed by atoms with Crippen molar-refractivity contribution < 1.29 is 23.4 Å². The molecule has 152 valence electrons. The minimum Gasteiger partial charge on any atom is -0.493 e. The molecular weight excluding hydrogens is 372 g/mol. The zero-order valence-electron chi connectivity index (χ0n) is 16.7. The van der Waals surface area contributed by atoms with Gasteiger partial charge >= 0.3 is 0 Å². The third kappa shape index (κ3) is 4.51. The number of para-hydroxylation sites is 1. The molecule has 3 aromatic rings. The van der Waals surface area contributed by atoms with Gasteiger partial charge in [0.25, 0.3) is 5.91 Å². The molecule has 0 fully saturated rings. The molecule has 2 N–H and O–H groups in total. The van der Waals surface area contributed by atoms with Crippen LogP contribution in [0.4, 0.5) is 0 Å². The Hall–Kier alpha value is -3.48. The van der Waals surface area contributed by atoms with E-state index in [4.69, 9.17) is 24.4 Å². The lowest BCUT2D eigenvalue weighted by atomic mass is 10.0. The van der Waals surface area contributed by atoms with E-state index in [1.54, 1.807) is 32.6 Å². The maximum Gasteiger partial charge on any atom is 0.252 e. The van der Waals surface area contributed by atoms with E-state index in [1.807, 2.05) is 31.2 Å². The van der Waals surface area contributed by atoms with Crippen LogP contribution in [0.5, 0.6) is 17.2 Å². The first-order chi connectivity index (χ1) is 14.1. The zero-order chi connectivity index (χ0) is 20.8. The molecule has 1 aromatic heterocycles. The van der Waals surface area contributed by atoms with Crippen LogP contribution in [0.15, 0.2) is 47.1 Å². The zero-order valence-corrected chi connectivity index (χ0v) is 16.7. The SMILES string of the molecule is CCOc1c(CCc2coc(-c3ccc(OC)c(OC)c3)n2)cccc1C(N)=O. The first-order valence-corrected chi connectivity index (χ1v) is 9.28. The van der Waals surface area contributed by atoms with Gasteiger partial charge < -0.3 is 24.4 Å². The molecule has 0 spiro atoms. The van der Waals surface area contributed by atoms with Crippen LogP contribution in [0, 0.1) is 0 Å². The Labute approximate surface area is 169 Å². The van der Waals surface area contributed by atoms with Crippen molar-refractivity contribution in [1.82, 2.24) is 4.98 Å². The van der Waals surface area contributed by atoms with Crippen LogP contribution in [0.1, 0.15) is 28.5 Å². The van der Waals surface area contributed by atoms with Gasteiger partial charge in [0.05, 0.1) is 32.1 Å². The molecule has 2 aromatic carbocycles. The first kappa shape index (κ1) is 20.3. The highest BCUT2D eigenvalue weighted by molar-refractivity contribution is 5.96. The van der Waals surface area contributed by atoms with Crippen molar-refractivity contribution in [3.05, 3.63) is 59.5 Å². The Bertz CT molecular complexity index is 997. The summed E-state index contributed by atoms with van der Waals surface area (Å²) in [6.07, 6.45) is 2.89. The molecule has 0 aliphatic heterocycles. The van der Waals surface area contributed by atoms with Crippen molar-refractivity contribution >= 4 is 5.91 Å². The summed E-state index contributed by atoms with van der Waals surface area (Å²) in [6, 6.07) is 10.9. The Morgan fingerprint density at radius 3 is 2.59 bits per heavy atom. The minimum atomic E-state index is -0.507. The van der Waals surface area contributed by atoms with Gasteiger partial charge in [-0.05, 0) is 49.6 Å². The number of carbonyl (C=O) groups excluding carboxylic acids is 1. The molecule has 1 heterocycles. The average Bonchev–Trinajstić information content (AvgIpc) is 3.21. The van der Waals surface area contributed by atoms with Crippen LogP contribution in [0.25, 0.3) is 11.5 Å². The van der Waals surface area contributed by atoms with Crippen LogP contribution >= 0.6 is 0 Å². The molecule has 3 rings (SSSR count). The number of benzene rings is 2. The summed E-state index contributed by atoms with van der Waals surface area (Å²) < 4.78 is 21.9. The molecule has 29 heavy (non-hydrogen) atoms. The summed E-state index contributed by atoms with van der Waals surface area (Å²) >= 11 is 0. The minimum absolute atomic E-state index is 0.385. The number of amides is 1. The van der Waals surface area contributed by atoms with Gasteiger partial charge in [-0.15, -0.1) is 0 Å². The van der Waals surface area contributed by atoms with Crippen molar-refractivity contribution in [1.29, 1.82) is 0 Å². The van der Waals surface area contributed by atoms with Crippen molar-refractivity contribution in [2.45, 2.75) is 19.8 Å². The van der Waals surface area contributed by atoms with Crippen molar-refractivity contribution in [2.24, 2.45) is 5.73 Å². The van der Waals surface area contributed by atoms with Crippen LogP contribution < -0.4 is 19.9 Å². The maximum absolute atomic E-state index is 11.7. The smallest absolute Gasteiger partial charge is 0.252 e. The summed E-state index contributed by atoms with van der Waals surface area (Å²) in [7, 11) is 3.17. The van der Waals surface area contributed by atoms with E-state index in [2.05, 4.69) is 4.98 Å². The third-order valence-electron chi connectivity index (χ3n) is 4.48. The number of aryl methyl sites for hydroxylation is 2. The normalized spacial score (nSPS) is 10.6. The second-order valence-corrected chi connectivity index (χ2v) is 6.30. The molecule has 0 aliphatic carbocycles. The molecule has 0 radical (unpaired) electrons. The molecular formula is C22H24N2O5. The van der Waals surface area contributed by atoms with E-state index in [0.29, 0.717) is 48.2 Å². The number of carbonyl (C=O) groups is 1. The van der Waals surface area contributed by atoms with E-state index in [1.165, 1.54) is 0 Å². The number of hydrogen-bond donors (Lipinski definition) is 1. The molecule has 1 amide bonds. The Morgan fingerprint density at radius 1 is 1.10 bits per heavy atom. The third-order valence-corrected chi connectivity index (χ3v) is 4.48. The fourth-order valence-electron chi connectivity index (χ4n) is 3.08. The van der Waals surface area contributed by atoms with E-state index in [-0.39, 0.29) is 0 Å². The van der Waals surface area contributed by atoms with Crippen LogP contribution in [0.3, 0.4) is 0 Å². The summed E-state index contributed by atoms with van der Waals surface area (Å²) in [5.74, 6) is 1.77. The Morgan fingerprint density at radius 2 is 1.90 bits per heavy atom. The lowest BCUT2D eigenvalue weighted by molar-refractivity contribution is 0.0996. The lowest BCUT2D eigenvalue weighted by Crippen LogP contribution is -2.14.